The maximum absolute atomic E-state index is 15.2. The van der Waals surface area contributed by atoms with Crippen LogP contribution in [0.2, 0.25) is 5.02 Å². The molecular weight excluding hydrogens is 736 g/mol. The molecule has 1 N–H and O–H groups in total. The van der Waals surface area contributed by atoms with E-state index in [1.54, 1.807) is 48.2 Å². The number of hydrogen-bond donors (Lipinski definition) is 1. The number of nitrogens with zero attached hydrogens (tertiary/aromatic N) is 4. The van der Waals surface area contributed by atoms with Gasteiger partial charge in [-0.1, -0.05) is 42.3 Å². The quantitative estimate of drug-likeness (QED) is 0.137. The first-order valence-electron chi connectivity index (χ1n) is 18.5. The highest BCUT2D eigenvalue weighted by molar-refractivity contribution is 7.22. The topological polar surface area (TPSA) is 122 Å². The normalized spacial score (nSPS) is 26.1. The third kappa shape index (κ3) is 5.01. The highest BCUT2D eigenvalue weighted by Crippen LogP contribution is 2.64. The number of aromatic hydroxyl groups is 1. The van der Waals surface area contributed by atoms with Gasteiger partial charge in [-0.05, 0) is 104 Å². The van der Waals surface area contributed by atoms with Crippen LogP contribution < -0.4 is 14.5 Å². The highest BCUT2D eigenvalue weighted by atomic mass is 35.5. The summed E-state index contributed by atoms with van der Waals surface area (Å²) >= 11 is 7.89. The molecule has 4 aliphatic rings. The van der Waals surface area contributed by atoms with Gasteiger partial charge in [0.2, 0.25) is 23.6 Å². The van der Waals surface area contributed by atoms with E-state index in [1.807, 2.05) is 62.4 Å². The number of anilines is 2. The predicted molar refractivity (Wildman–Crippen MR) is 211 cm³/mol. The highest BCUT2D eigenvalue weighted by Gasteiger charge is 2.68. The number of phenols is 1. The van der Waals surface area contributed by atoms with E-state index in [1.165, 1.54) is 23.0 Å². The minimum Gasteiger partial charge on any atom is -0.508 e. The van der Waals surface area contributed by atoms with Crippen molar-refractivity contribution in [2.75, 3.05) is 16.9 Å². The number of thiophene rings is 1. The SMILES string of the molecule is CCc1ccc(N2C(=O)[C@H]3[C@H](CC=C4[C@H]3C[C@H]3C(=O)N(c5cc(-c6sc7ccc(Cl)cc7c6C)nn5C)C(=O)[C@@]3(C)[C@H]4c3cc(OC)ccc3O)C2=O)cc1. The molecule has 3 aromatic carbocycles. The molecule has 2 saturated heterocycles. The van der Waals surface area contributed by atoms with Gasteiger partial charge < -0.3 is 9.84 Å². The molecule has 4 amide bonds. The van der Waals surface area contributed by atoms with Crippen molar-refractivity contribution in [3.63, 3.8) is 0 Å². The number of carbonyl (C=O) groups is 4. The van der Waals surface area contributed by atoms with Crippen LogP contribution in [-0.4, -0.2) is 45.6 Å². The number of benzene rings is 3. The summed E-state index contributed by atoms with van der Waals surface area (Å²) in [6.45, 7) is 5.85. The van der Waals surface area contributed by atoms with Crippen molar-refractivity contribution in [1.82, 2.24) is 9.78 Å². The zero-order valence-electron chi connectivity index (χ0n) is 31.0. The van der Waals surface area contributed by atoms with Crippen LogP contribution in [0.5, 0.6) is 11.5 Å². The number of imide groups is 2. The number of allylic oxidation sites excluding steroid dienone is 2. The van der Waals surface area contributed by atoms with Gasteiger partial charge in [0.05, 0.1) is 40.8 Å². The molecule has 55 heavy (non-hydrogen) atoms. The van der Waals surface area contributed by atoms with Gasteiger partial charge >= 0.3 is 0 Å². The van der Waals surface area contributed by atoms with Gasteiger partial charge in [-0.3, -0.25) is 28.8 Å². The van der Waals surface area contributed by atoms with Crippen molar-refractivity contribution in [3.05, 3.63) is 100 Å². The number of rotatable bonds is 6. The predicted octanol–water partition coefficient (Wildman–Crippen LogP) is 7.98. The Bertz CT molecular complexity index is 2520. The Morgan fingerprint density at radius 2 is 1.73 bits per heavy atom. The van der Waals surface area contributed by atoms with E-state index in [9.17, 15) is 19.5 Å². The van der Waals surface area contributed by atoms with Crippen LogP contribution in [-0.2, 0) is 32.6 Å². The molecule has 4 heterocycles. The summed E-state index contributed by atoms with van der Waals surface area (Å²) in [4.78, 5) is 62.1. The minimum absolute atomic E-state index is 0.0530. The Kier molecular flexibility index (Phi) is 8.15. The minimum atomic E-state index is -1.36. The van der Waals surface area contributed by atoms with Crippen molar-refractivity contribution in [2.45, 2.75) is 46.0 Å². The fraction of sp³-hybridized carbons (Fsp3) is 0.326. The molecule has 280 valence electrons. The first-order valence-corrected chi connectivity index (χ1v) is 19.7. The standard InChI is InChI=1S/C43H39ClN4O6S/c1-6-22-7-10-24(11-8-22)47-39(50)27-14-13-26-29(36(27)41(47)52)19-31-40(51)48(42(53)43(31,3)37(26)30-18-25(54-5)12-15-33(30)49)35-20-32(45-46(35)4)38-21(2)28-17-23(44)9-16-34(28)55-38/h7-13,15-18,20,27,29,31,36-37,49H,6,14,19H2,1-5H3/t27-,29+,31-,36-,37+,43+/m0/s1. The van der Waals surface area contributed by atoms with Crippen LogP contribution in [0.1, 0.15) is 49.3 Å². The maximum Gasteiger partial charge on any atom is 0.242 e. The van der Waals surface area contributed by atoms with Gasteiger partial charge in [-0.15, -0.1) is 11.3 Å². The Balaban J connectivity index is 1.16. The molecule has 3 fully saturated rings. The molecular formula is C43H39ClN4O6S. The number of amides is 4. The molecule has 1 saturated carbocycles. The van der Waals surface area contributed by atoms with Crippen molar-refractivity contribution in [1.29, 1.82) is 0 Å². The molecule has 10 nitrogen and oxygen atoms in total. The van der Waals surface area contributed by atoms with Crippen molar-refractivity contribution in [2.24, 2.45) is 36.1 Å². The first-order chi connectivity index (χ1) is 26.4. The molecule has 6 atom stereocenters. The lowest BCUT2D eigenvalue weighted by molar-refractivity contribution is -0.131. The van der Waals surface area contributed by atoms with E-state index in [-0.39, 0.29) is 24.0 Å². The third-order valence-electron chi connectivity index (χ3n) is 12.6. The fourth-order valence-electron chi connectivity index (χ4n) is 9.82. The number of carbonyl (C=O) groups excluding carboxylic acids is 4. The van der Waals surface area contributed by atoms with Crippen molar-refractivity contribution < 1.29 is 29.0 Å². The Hall–Kier alpha value is -5.26. The lowest BCUT2D eigenvalue weighted by atomic mass is 9.51. The molecule has 0 unspecified atom stereocenters. The lowest BCUT2D eigenvalue weighted by Gasteiger charge is -2.49. The summed E-state index contributed by atoms with van der Waals surface area (Å²) in [5.74, 6) is -4.19. The Morgan fingerprint density at radius 3 is 2.45 bits per heavy atom. The van der Waals surface area contributed by atoms with Crippen LogP contribution in [0.15, 0.2) is 78.4 Å². The summed E-state index contributed by atoms with van der Waals surface area (Å²) in [6.07, 6.45) is 3.29. The number of hydrogen-bond acceptors (Lipinski definition) is 8. The molecule has 2 aliphatic carbocycles. The number of phenolic OH excluding ortho intramolecular Hbond substituents is 1. The van der Waals surface area contributed by atoms with E-state index in [2.05, 4.69) is 0 Å². The fourth-order valence-corrected chi connectivity index (χ4v) is 11.1. The summed E-state index contributed by atoms with van der Waals surface area (Å²) < 4.78 is 8.19. The Morgan fingerprint density at radius 1 is 0.964 bits per heavy atom. The lowest BCUT2D eigenvalue weighted by Crippen LogP contribution is -2.49. The smallest absolute Gasteiger partial charge is 0.242 e. The summed E-state index contributed by atoms with van der Waals surface area (Å²) in [5.41, 5.74) is 3.09. The summed E-state index contributed by atoms with van der Waals surface area (Å²) in [6, 6.07) is 19.9. The van der Waals surface area contributed by atoms with Crippen LogP contribution in [0.3, 0.4) is 0 Å². The number of aryl methyl sites for hydroxylation is 3. The average molecular weight is 775 g/mol. The number of ether oxygens (including phenoxy) is 1. The molecule has 2 aromatic heterocycles. The molecule has 0 radical (unpaired) electrons. The second-order valence-corrected chi connectivity index (χ2v) is 16.8. The monoisotopic (exact) mass is 774 g/mol. The maximum atomic E-state index is 15.2. The van der Waals surface area contributed by atoms with Gasteiger partial charge in [0.1, 0.15) is 23.0 Å². The van der Waals surface area contributed by atoms with Gasteiger partial charge in [0.15, 0.2) is 0 Å². The largest absolute Gasteiger partial charge is 0.508 e. The average Bonchev–Trinajstić information content (AvgIpc) is 3.85. The van der Waals surface area contributed by atoms with Gasteiger partial charge in [-0.2, -0.15) is 5.10 Å². The zero-order valence-corrected chi connectivity index (χ0v) is 32.6. The molecule has 12 heteroatoms. The van der Waals surface area contributed by atoms with E-state index in [0.717, 1.165) is 38.1 Å². The number of methoxy groups -OCH3 is 1. The number of halogens is 1. The Labute approximate surface area is 326 Å². The van der Waals surface area contributed by atoms with Crippen molar-refractivity contribution in [3.8, 4) is 22.1 Å². The van der Waals surface area contributed by atoms with E-state index in [0.29, 0.717) is 40.0 Å². The molecule has 9 rings (SSSR count). The first kappa shape index (κ1) is 35.4. The van der Waals surface area contributed by atoms with E-state index >= 15 is 4.79 Å². The zero-order chi connectivity index (χ0) is 38.7. The molecule has 0 bridgehead atoms. The van der Waals surface area contributed by atoms with Crippen LogP contribution in [0, 0.1) is 36.0 Å². The van der Waals surface area contributed by atoms with Crippen LogP contribution in [0.4, 0.5) is 11.5 Å². The van der Waals surface area contributed by atoms with Crippen LogP contribution in [0.25, 0.3) is 20.7 Å². The third-order valence-corrected chi connectivity index (χ3v) is 14.2. The number of aromatic nitrogens is 2. The molecule has 5 aromatic rings. The molecule has 0 spiro atoms. The van der Waals surface area contributed by atoms with Crippen molar-refractivity contribution >= 4 is 68.2 Å². The van der Waals surface area contributed by atoms with E-state index in [4.69, 9.17) is 21.4 Å². The van der Waals surface area contributed by atoms with Gasteiger partial charge in [0, 0.05) is 34.3 Å². The van der Waals surface area contributed by atoms with Gasteiger partial charge in [0.25, 0.3) is 0 Å². The summed E-state index contributed by atoms with van der Waals surface area (Å²) in [7, 11) is 3.24. The van der Waals surface area contributed by atoms with Gasteiger partial charge in [-0.25, -0.2) is 4.90 Å². The second-order valence-electron chi connectivity index (χ2n) is 15.3. The van der Waals surface area contributed by atoms with Crippen LogP contribution >= 0.6 is 22.9 Å². The number of fused-ring (bicyclic) bond motifs is 5. The van der Waals surface area contributed by atoms with E-state index < -0.39 is 46.8 Å². The second kappa shape index (κ2) is 12.6. The summed E-state index contributed by atoms with van der Waals surface area (Å²) in [5, 5.41) is 17.9. The molecule has 2 aliphatic heterocycles.